The normalized spacial score (nSPS) is 13.7. The highest BCUT2D eigenvalue weighted by Crippen LogP contribution is 2.34. The lowest BCUT2D eigenvalue weighted by Gasteiger charge is -2.30. The van der Waals surface area contributed by atoms with E-state index in [-0.39, 0.29) is 29.5 Å². The second kappa shape index (κ2) is 8.83. The minimum atomic E-state index is -3.82. The molecule has 9 heteroatoms. The van der Waals surface area contributed by atoms with E-state index in [1.54, 1.807) is 6.07 Å². The number of benzene rings is 2. The molecule has 1 N–H and O–H groups in total. The first kappa shape index (κ1) is 21.8. The lowest BCUT2D eigenvalue weighted by atomic mass is 10.00. The van der Waals surface area contributed by atoms with Crippen LogP contribution in [-0.2, 0) is 31.7 Å². The van der Waals surface area contributed by atoms with Crippen LogP contribution in [0.2, 0.25) is 0 Å². The number of esters is 1. The van der Waals surface area contributed by atoms with Crippen LogP contribution in [0.15, 0.2) is 36.4 Å². The molecule has 0 aromatic heterocycles. The molecule has 0 bridgehead atoms. The molecule has 2 aromatic rings. The number of hydrogen-bond donors (Lipinski definition) is 1. The van der Waals surface area contributed by atoms with Gasteiger partial charge < -0.3 is 9.64 Å². The van der Waals surface area contributed by atoms with Crippen LogP contribution >= 0.6 is 0 Å². The number of nitrogens with one attached hydrogen (secondary N) is 1. The molecule has 0 fully saturated rings. The van der Waals surface area contributed by atoms with Crippen molar-refractivity contribution in [1.82, 2.24) is 0 Å². The molecule has 0 saturated heterocycles. The van der Waals surface area contributed by atoms with Gasteiger partial charge in [0, 0.05) is 19.0 Å². The van der Waals surface area contributed by atoms with E-state index in [9.17, 15) is 22.4 Å². The second-order valence-corrected chi connectivity index (χ2v) is 8.78. The molecule has 0 radical (unpaired) electrons. The van der Waals surface area contributed by atoms with Crippen LogP contribution in [-0.4, -0.2) is 33.9 Å². The summed E-state index contributed by atoms with van der Waals surface area (Å²) in [6, 6.07) is 8.67. The predicted octanol–water partition coefficient (Wildman–Crippen LogP) is 3.24. The summed E-state index contributed by atoms with van der Waals surface area (Å²) in [5.41, 5.74) is 1.73. The fourth-order valence-corrected chi connectivity index (χ4v) is 4.64. The first-order valence-corrected chi connectivity index (χ1v) is 11.2. The van der Waals surface area contributed by atoms with Crippen LogP contribution in [0.3, 0.4) is 0 Å². The molecule has 0 unspecified atom stereocenters. The first-order chi connectivity index (χ1) is 14.2. The molecule has 1 aliphatic rings. The van der Waals surface area contributed by atoms with Gasteiger partial charge in [-0.1, -0.05) is 19.1 Å². The molecule has 2 aromatic carbocycles. The first-order valence-electron chi connectivity index (χ1n) is 9.54. The number of aryl methyl sites for hydroxylation is 1. The number of methoxy groups -OCH3 is 1. The van der Waals surface area contributed by atoms with Crippen molar-refractivity contribution in [3.05, 3.63) is 58.9 Å². The zero-order valence-corrected chi connectivity index (χ0v) is 17.6. The van der Waals surface area contributed by atoms with Crippen molar-refractivity contribution in [3.63, 3.8) is 0 Å². The number of carbonyl (C=O) groups excluding carboxylic acids is 2. The maximum atomic E-state index is 14.8. The molecule has 1 amide bonds. The summed E-state index contributed by atoms with van der Waals surface area (Å²) in [5, 5.41) is 0. The Labute approximate surface area is 174 Å². The third kappa shape index (κ3) is 4.79. The molecule has 0 spiro atoms. The van der Waals surface area contributed by atoms with E-state index in [4.69, 9.17) is 0 Å². The summed E-state index contributed by atoms with van der Waals surface area (Å²) >= 11 is 0. The predicted molar refractivity (Wildman–Crippen MR) is 111 cm³/mol. The maximum absolute atomic E-state index is 14.8. The molecule has 30 heavy (non-hydrogen) atoms. The lowest BCUT2D eigenvalue weighted by Crippen LogP contribution is -2.36. The molecule has 160 valence electrons. The average molecular weight is 434 g/mol. The summed E-state index contributed by atoms with van der Waals surface area (Å²) < 4.78 is 46.9. The van der Waals surface area contributed by atoms with E-state index in [1.165, 1.54) is 36.3 Å². The third-order valence-electron chi connectivity index (χ3n) is 4.77. The molecule has 3 rings (SSSR count). The van der Waals surface area contributed by atoms with E-state index in [0.29, 0.717) is 36.1 Å². The number of halogens is 1. The zero-order chi connectivity index (χ0) is 21.9. The number of amides is 1. The summed E-state index contributed by atoms with van der Waals surface area (Å²) in [6.07, 6.45) is 1.30. The van der Waals surface area contributed by atoms with Crippen molar-refractivity contribution in [2.45, 2.75) is 31.9 Å². The van der Waals surface area contributed by atoms with Crippen LogP contribution in [0.5, 0.6) is 0 Å². The Morgan fingerprint density at radius 1 is 1.20 bits per heavy atom. The number of rotatable bonds is 7. The molecule has 1 aliphatic heterocycles. The SMILES string of the molecule is CCCN1C(=O)CCc2cc(NS(=O)(=O)Cc3ccc(C(=O)OC)cc3)cc(F)c21. The van der Waals surface area contributed by atoms with Crippen molar-refractivity contribution in [1.29, 1.82) is 0 Å². The van der Waals surface area contributed by atoms with Gasteiger partial charge in [-0.05, 0) is 42.2 Å². The molecule has 0 aliphatic carbocycles. The summed E-state index contributed by atoms with van der Waals surface area (Å²) in [7, 11) is -2.55. The van der Waals surface area contributed by atoms with Crippen molar-refractivity contribution in [3.8, 4) is 0 Å². The Kier molecular flexibility index (Phi) is 6.40. The highest BCUT2D eigenvalue weighted by molar-refractivity contribution is 7.91. The Bertz CT molecular complexity index is 1070. The molecule has 0 atom stereocenters. The summed E-state index contributed by atoms with van der Waals surface area (Å²) in [6.45, 7) is 2.31. The Morgan fingerprint density at radius 3 is 2.53 bits per heavy atom. The van der Waals surface area contributed by atoms with Crippen LogP contribution in [0.25, 0.3) is 0 Å². The number of nitrogens with zero attached hydrogens (tertiary/aromatic N) is 1. The fourth-order valence-electron chi connectivity index (χ4n) is 3.46. The lowest BCUT2D eigenvalue weighted by molar-refractivity contribution is -0.118. The molecular formula is C21H23FN2O5S. The highest BCUT2D eigenvalue weighted by atomic mass is 32.2. The fraction of sp³-hybridized carbons (Fsp3) is 0.333. The highest BCUT2D eigenvalue weighted by Gasteiger charge is 2.27. The van der Waals surface area contributed by atoms with Crippen molar-refractivity contribution in [2.24, 2.45) is 0 Å². The topological polar surface area (TPSA) is 92.8 Å². The van der Waals surface area contributed by atoms with Crippen LogP contribution < -0.4 is 9.62 Å². The van der Waals surface area contributed by atoms with Gasteiger partial charge in [0.25, 0.3) is 0 Å². The molecular weight excluding hydrogens is 411 g/mol. The van der Waals surface area contributed by atoms with Gasteiger partial charge in [0.1, 0.15) is 5.82 Å². The standard InChI is InChI=1S/C21H23FN2O5S/c1-3-10-24-19(25)9-8-16-11-17(12-18(22)20(16)24)23-30(27,28)13-14-4-6-15(7-5-14)21(26)29-2/h4-7,11-12,23H,3,8-10,13H2,1-2H3. The van der Waals surface area contributed by atoms with Crippen LogP contribution in [0.4, 0.5) is 15.8 Å². The number of fused-ring (bicyclic) bond motifs is 1. The monoisotopic (exact) mass is 434 g/mol. The zero-order valence-electron chi connectivity index (χ0n) is 16.8. The smallest absolute Gasteiger partial charge is 0.337 e. The van der Waals surface area contributed by atoms with E-state index in [1.807, 2.05) is 6.92 Å². The van der Waals surface area contributed by atoms with Crippen LogP contribution in [0, 0.1) is 5.82 Å². The van der Waals surface area contributed by atoms with Crippen molar-refractivity contribution < 1.29 is 27.1 Å². The largest absolute Gasteiger partial charge is 0.465 e. The average Bonchev–Trinajstić information content (AvgIpc) is 2.69. The number of hydrogen-bond acceptors (Lipinski definition) is 5. The van der Waals surface area contributed by atoms with Gasteiger partial charge in [-0.15, -0.1) is 0 Å². The van der Waals surface area contributed by atoms with Crippen molar-refractivity contribution >= 4 is 33.3 Å². The molecule has 1 heterocycles. The van der Waals surface area contributed by atoms with E-state index < -0.39 is 21.8 Å². The van der Waals surface area contributed by atoms with Gasteiger partial charge in [0.15, 0.2) is 0 Å². The van der Waals surface area contributed by atoms with E-state index in [0.717, 1.165) is 6.07 Å². The van der Waals surface area contributed by atoms with Gasteiger partial charge in [0.2, 0.25) is 15.9 Å². The Morgan fingerprint density at radius 2 is 1.90 bits per heavy atom. The molecule has 0 saturated carbocycles. The van der Waals surface area contributed by atoms with Crippen molar-refractivity contribution in [2.75, 3.05) is 23.3 Å². The maximum Gasteiger partial charge on any atom is 0.337 e. The number of sulfonamides is 1. The number of anilines is 2. The summed E-state index contributed by atoms with van der Waals surface area (Å²) in [5.74, 6) is -1.61. The van der Waals surface area contributed by atoms with E-state index >= 15 is 0 Å². The van der Waals surface area contributed by atoms with Gasteiger partial charge in [-0.25, -0.2) is 17.6 Å². The van der Waals surface area contributed by atoms with Gasteiger partial charge in [-0.3, -0.25) is 9.52 Å². The quantitative estimate of drug-likeness (QED) is 0.676. The second-order valence-electron chi connectivity index (χ2n) is 7.06. The van der Waals surface area contributed by atoms with Gasteiger partial charge in [-0.2, -0.15) is 0 Å². The third-order valence-corrected chi connectivity index (χ3v) is 6.03. The van der Waals surface area contributed by atoms with Crippen LogP contribution in [0.1, 0.15) is 41.3 Å². The minimum absolute atomic E-state index is 0.114. The summed E-state index contributed by atoms with van der Waals surface area (Å²) in [4.78, 5) is 25.0. The van der Waals surface area contributed by atoms with Gasteiger partial charge in [0.05, 0.1) is 29.8 Å². The van der Waals surface area contributed by atoms with Gasteiger partial charge >= 0.3 is 5.97 Å². The Hall–Kier alpha value is -2.94. The Balaban J connectivity index is 1.79. The number of carbonyl (C=O) groups is 2. The molecule has 7 nitrogen and oxygen atoms in total. The number of ether oxygens (including phenoxy) is 1. The van der Waals surface area contributed by atoms with E-state index in [2.05, 4.69) is 9.46 Å². The minimum Gasteiger partial charge on any atom is -0.465 e.